The quantitative estimate of drug-likeness (QED) is 0.393. The van der Waals surface area contributed by atoms with Gasteiger partial charge >= 0.3 is 0 Å². The van der Waals surface area contributed by atoms with Crippen LogP contribution in [0.15, 0.2) is 49.1 Å². The fourth-order valence-corrected chi connectivity index (χ4v) is 5.90. The van der Waals surface area contributed by atoms with E-state index < -0.39 is 0 Å². The van der Waals surface area contributed by atoms with Gasteiger partial charge in [-0.3, -0.25) is 14.2 Å². The Hall–Kier alpha value is -4.25. The molecule has 7 rings (SSSR count). The second-order valence-electron chi connectivity index (χ2n) is 10.2. The first-order chi connectivity index (χ1) is 18.6. The lowest BCUT2D eigenvalue weighted by molar-refractivity contribution is -0.133. The molecule has 11 nitrogen and oxygen atoms in total. The first-order valence-electron chi connectivity index (χ1n) is 13.0. The van der Waals surface area contributed by atoms with Gasteiger partial charge in [-0.1, -0.05) is 12.1 Å². The Bertz CT molecular complexity index is 1660. The number of carbonyl (C=O) groups is 1. The highest BCUT2D eigenvalue weighted by Gasteiger charge is 2.27. The molecule has 1 unspecified atom stereocenters. The summed E-state index contributed by atoms with van der Waals surface area (Å²) in [5, 5.41) is 15.0. The summed E-state index contributed by atoms with van der Waals surface area (Å²) in [5.41, 5.74) is 12.1. The number of nitrogens with two attached hydrogens (primary N) is 1. The fraction of sp³-hybridized carbons (Fsp3) is 0.370. The van der Waals surface area contributed by atoms with E-state index in [1.54, 1.807) is 4.90 Å². The second kappa shape index (κ2) is 8.95. The number of hydrogen-bond acceptors (Lipinski definition) is 7. The van der Waals surface area contributed by atoms with Crippen LogP contribution in [-0.2, 0) is 9.53 Å². The van der Waals surface area contributed by atoms with E-state index in [9.17, 15) is 4.79 Å². The molecule has 0 aliphatic carbocycles. The molecule has 2 aliphatic heterocycles. The summed E-state index contributed by atoms with van der Waals surface area (Å²) >= 11 is 0. The molecular formula is C27H29N9O2. The van der Waals surface area contributed by atoms with Crippen LogP contribution in [0.25, 0.3) is 38.9 Å². The smallest absolute Gasteiger partial charge is 0.222 e. The van der Waals surface area contributed by atoms with Crippen LogP contribution >= 0.6 is 0 Å². The number of piperidine rings is 1. The normalized spacial score (nSPS) is 19.1. The van der Waals surface area contributed by atoms with Crippen molar-refractivity contribution in [3.05, 3.63) is 49.1 Å². The zero-order chi connectivity index (χ0) is 25.8. The van der Waals surface area contributed by atoms with E-state index in [0.29, 0.717) is 18.8 Å². The zero-order valence-electron chi connectivity index (χ0n) is 21.2. The number of amides is 1. The van der Waals surface area contributed by atoms with Gasteiger partial charge in [-0.15, -0.1) is 0 Å². The number of benzene rings is 1. The number of anilines is 1. The Morgan fingerprint density at radius 3 is 2.68 bits per heavy atom. The number of aromatic nitrogens is 7. The van der Waals surface area contributed by atoms with Crippen LogP contribution in [0.5, 0.6) is 0 Å². The number of fused-ring (bicyclic) bond motifs is 2. The molecule has 4 aromatic heterocycles. The minimum Gasteiger partial charge on any atom is -0.382 e. The maximum atomic E-state index is 12.0. The van der Waals surface area contributed by atoms with Crippen molar-refractivity contribution < 1.29 is 9.53 Å². The van der Waals surface area contributed by atoms with Crippen molar-refractivity contribution in [2.45, 2.75) is 37.8 Å². The van der Waals surface area contributed by atoms with E-state index >= 15 is 0 Å². The first-order valence-corrected chi connectivity index (χ1v) is 13.0. The predicted octanol–water partition coefficient (Wildman–Crippen LogP) is 3.34. The van der Waals surface area contributed by atoms with E-state index in [0.717, 1.165) is 71.4 Å². The monoisotopic (exact) mass is 511 g/mol. The molecule has 2 saturated heterocycles. The van der Waals surface area contributed by atoms with Crippen LogP contribution in [0.1, 0.15) is 37.8 Å². The lowest BCUT2D eigenvalue weighted by Crippen LogP contribution is -2.38. The highest BCUT2D eigenvalue weighted by atomic mass is 16.5. The first kappa shape index (κ1) is 22.9. The van der Waals surface area contributed by atoms with Crippen molar-refractivity contribution in [1.29, 1.82) is 0 Å². The van der Waals surface area contributed by atoms with Crippen molar-refractivity contribution >= 4 is 28.1 Å². The fourth-order valence-electron chi connectivity index (χ4n) is 5.90. The van der Waals surface area contributed by atoms with Gasteiger partial charge in [0.05, 0.1) is 35.2 Å². The Kier molecular flexibility index (Phi) is 5.39. The van der Waals surface area contributed by atoms with Crippen molar-refractivity contribution in [1.82, 2.24) is 39.1 Å². The predicted molar refractivity (Wildman–Crippen MR) is 142 cm³/mol. The van der Waals surface area contributed by atoms with Gasteiger partial charge in [0.25, 0.3) is 0 Å². The van der Waals surface area contributed by atoms with Gasteiger partial charge in [0.15, 0.2) is 5.82 Å². The molecule has 0 bridgehead atoms. The van der Waals surface area contributed by atoms with Gasteiger partial charge < -0.3 is 15.4 Å². The molecular weight excluding hydrogens is 482 g/mol. The van der Waals surface area contributed by atoms with Crippen LogP contribution in [0.2, 0.25) is 0 Å². The third-order valence-corrected chi connectivity index (χ3v) is 7.91. The van der Waals surface area contributed by atoms with E-state index in [1.807, 2.05) is 30.0 Å². The van der Waals surface area contributed by atoms with Gasteiger partial charge in [0, 0.05) is 55.9 Å². The third-order valence-electron chi connectivity index (χ3n) is 7.91. The molecule has 0 spiro atoms. The number of likely N-dealkylation sites (tertiary alicyclic amines) is 1. The van der Waals surface area contributed by atoms with Crippen LogP contribution in [0.4, 0.5) is 5.82 Å². The number of rotatable bonds is 4. The van der Waals surface area contributed by atoms with Gasteiger partial charge in [-0.25, -0.2) is 9.50 Å². The Morgan fingerprint density at radius 1 is 0.974 bits per heavy atom. The summed E-state index contributed by atoms with van der Waals surface area (Å²) in [6, 6.07) is 10.9. The summed E-state index contributed by atoms with van der Waals surface area (Å²) in [6.07, 6.45) is 8.37. The van der Waals surface area contributed by atoms with Crippen LogP contribution in [0, 0.1) is 0 Å². The highest BCUT2D eigenvalue weighted by Crippen LogP contribution is 2.37. The molecule has 0 saturated carbocycles. The van der Waals surface area contributed by atoms with Crippen LogP contribution in [-0.4, -0.2) is 71.8 Å². The lowest BCUT2D eigenvalue weighted by Gasteiger charge is -2.30. The summed E-state index contributed by atoms with van der Waals surface area (Å²) in [6.45, 7) is 2.11. The molecule has 1 atom stereocenters. The standard InChI is InChI=1S/C27H29N9O2/c1-33-15-20(4-5-25(33)37)35-23-12-17(2-3-18(23)14-31-35)24-13-21(26-27(28)29-16-32-36(24)26)22-6-9-30-34(22)19-7-10-38-11-8-19/h2-3,6,9,12-14,16,19-20H,4-5,7-8,10-11,15H2,1H3,(H2,28,29,32). The van der Waals surface area contributed by atoms with Gasteiger partial charge in [-0.2, -0.15) is 15.3 Å². The molecule has 38 heavy (non-hydrogen) atoms. The number of carbonyl (C=O) groups excluding carboxylic acids is 1. The molecule has 0 radical (unpaired) electrons. The van der Waals surface area contributed by atoms with Crippen molar-refractivity contribution in [3.63, 3.8) is 0 Å². The van der Waals surface area contributed by atoms with Crippen molar-refractivity contribution in [2.24, 2.45) is 0 Å². The van der Waals surface area contributed by atoms with Gasteiger partial charge in [0.2, 0.25) is 5.91 Å². The summed E-state index contributed by atoms with van der Waals surface area (Å²) in [5.74, 6) is 0.602. The topological polar surface area (TPSA) is 121 Å². The zero-order valence-corrected chi connectivity index (χ0v) is 21.2. The molecule has 2 fully saturated rings. The summed E-state index contributed by atoms with van der Waals surface area (Å²) in [4.78, 5) is 18.1. The SMILES string of the molecule is CN1CC(n2ncc3ccc(-c4cc(-c5ccnn5C5CCOCC5)c5c(N)ncnn45)cc32)CCC1=O. The van der Waals surface area contributed by atoms with Gasteiger partial charge in [0.1, 0.15) is 11.8 Å². The third kappa shape index (κ3) is 3.65. The molecule has 5 aromatic rings. The molecule has 6 heterocycles. The van der Waals surface area contributed by atoms with E-state index in [-0.39, 0.29) is 18.0 Å². The van der Waals surface area contributed by atoms with E-state index in [2.05, 4.69) is 48.8 Å². The molecule has 2 aliphatic rings. The number of nitrogen functional groups attached to an aromatic ring is 1. The maximum absolute atomic E-state index is 12.0. The number of nitrogens with zero attached hydrogens (tertiary/aromatic N) is 8. The second-order valence-corrected chi connectivity index (χ2v) is 10.2. The number of likely N-dealkylation sites (N-methyl/N-ethyl adjacent to an activating group) is 1. The minimum absolute atomic E-state index is 0.136. The molecule has 2 N–H and O–H groups in total. The molecule has 11 heteroatoms. The Labute approximate surface area is 218 Å². The summed E-state index contributed by atoms with van der Waals surface area (Å²) < 4.78 is 11.6. The minimum atomic E-state index is 0.136. The van der Waals surface area contributed by atoms with Crippen molar-refractivity contribution in [3.8, 4) is 22.5 Å². The van der Waals surface area contributed by atoms with E-state index in [1.165, 1.54) is 6.33 Å². The number of hydrogen-bond donors (Lipinski definition) is 1. The average Bonchev–Trinajstić information content (AvgIpc) is 3.68. The maximum Gasteiger partial charge on any atom is 0.222 e. The summed E-state index contributed by atoms with van der Waals surface area (Å²) in [7, 11) is 1.86. The Balaban J connectivity index is 1.35. The largest absolute Gasteiger partial charge is 0.382 e. The van der Waals surface area contributed by atoms with E-state index in [4.69, 9.17) is 15.6 Å². The van der Waals surface area contributed by atoms with Gasteiger partial charge in [-0.05, 0) is 37.5 Å². The average molecular weight is 512 g/mol. The van der Waals surface area contributed by atoms with Crippen LogP contribution < -0.4 is 5.73 Å². The number of ether oxygens (including phenoxy) is 1. The molecule has 1 amide bonds. The Morgan fingerprint density at radius 2 is 1.84 bits per heavy atom. The molecule has 1 aromatic carbocycles. The lowest BCUT2D eigenvalue weighted by atomic mass is 10.0. The van der Waals surface area contributed by atoms with Crippen molar-refractivity contribution in [2.75, 3.05) is 32.5 Å². The van der Waals surface area contributed by atoms with Crippen LogP contribution in [0.3, 0.4) is 0 Å². The molecule has 194 valence electrons. The highest BCUT2D eigenvalue weighted by molar-refractivity contribution is 5.92.